The Labute approximate surface area is 235 Å². The van der Waals surface area contributed by atoms with Crippen LogP contribution in [0.3, 0.4) is 0 Å². The number of ketones is 1. The van der Waals surface area contributed by atoms with Gasteiger partial charge in [-0.15, -0.1) is 0 Å². The summed E-state index contributed by atoms with van der Waals surface area (Å²) in [5, 5.41) is 2.27. The summed E-state index contributed by atoms with van der Waals surface area (Å²) in [5.74, 6) is 0.246. The molecule has 0 saturated carbocycles. The highest BCUT2D eigenvalue weighted by molar-refractivity contribution is 8.18. The van der Waals surface area contributed by atoms with Crippen LogP contribution in [0.5, 0.6) is 11.5 Å². The van der Waals surface area contributed by atoms with Crippen LogP contribution in [0.25, 0.3) is 16.8 Å². The molecule has 0 radical (unpaired) electrons. The number of nitrogens with zero attached hydrogens (tertiary/aromatic N) is 1. The van der Waals surface area contributed by atoms with Crippen LogP contribution >= 0.6 is 23.4 Å². The lowest BCUT2D eigenvalue weighted by Gasteiger charge is -2.14. The monoisotopic (exact) mass is 557 g/mol. The first-order valence-corrected chi connectivity index (χ1v) is 13.5. The minimum absolute atomic E-state index is 0.232. The minimum atomic E-state index is -0.512. The molecule has 1 fully saturated rings. The zero-order valence-electron chi connectivity index (χ0n) is 21.1. The van der Waals surface area contributed by atoms with Crippen molar-refractivity contribution in [3.05, 3.63) is 112 Å². The summed E-state index contributed by atoms with van der Waals surface area (Å²) in [5.41, 5.74) is 2.11. The molecule has 39 heavy (non-hydrogen) atoms. The molecule has 1 saturated heterocycles. The van der Waals surface area contributed by atoms with Crippen LogP contribution in [-0.4, -0.2) is 35.0 Å². The van der Waals surface area contributed by atoms with Gasteiger partial charge in [0.15, 0.2) is 17.3 Å². The van der Waals surface area contributed by atoms with E-state index in [0.717, 1.165) is 33.0 Å². The average molecular weight is 558 g/mol. The average Bonchev–Trinajstić information content (AvgIpc) is 3.20. The molecule has 0 aromatic heterocycles. The van der Waals surface area contributed by atoms with Crippen molar-refractivity contribution in [1.82, 2.24) is 4.90 Å². The number of carbonyl (C=O) groups excluding carboxylic acids is 3. The van der Waals surface area contributed by atoms with E-state index in [0.29, 0.717) is 40.9 Å². The molecule has 1 aliphatic rings. The number of Topliss-reactive ketones (excluding diaryl/α,β-unsaturated/α-hetero) is 1. The van der Waals surface area contributed by atoms with E-state index in [4.69, 9.17) is 21.1 Å². The zero-order chi connectivity index (χ0) is 27.4. The third kappa shape index (κ3) is 6.00. The molecule has 4 aromatic rings. The second kappa shape index (κ2) is 11.8. The number of fused-ring (bicyclic) bond motifs is 1. The predicted octanol–water partition coefficient (Wildman–Crippen LogP) is 7.39. The fourth-order valence-corrected chi connectivity index (χ4v) is 5.20. The Morgan fingerprint density at radius 3 is 2.49 bits per heavy atom. The fourth-order valence-electron chi connectivity index (χ4n) is 4.23. The molecule has 1 aliphatic heterocycles. The van der Waals surface area contributed by atoms with Crippen molar-refractivity contribution < 1.29 is 23.9 Å². The maximum absolute atomic E-state index is 13.0. The van der Waals surface area contributed by atoms with Crippen LogP contribution in [0, 0.1) is 0 Å². The Hall–Kier alpha value is -4.07. The maximum atomic E-state index is 13.0. The number of hydrogen-bond acceptors (Lipinski definition) is 6. The number of halogens is 1. The van der Waals surface area contributed by atoms with Gasteiger partial charge < -0.3 is 9.47 Å². The van der Waals surface area contributed by atoms with Crippen LogP contribution in [0.1, 0.15) is 28.4 Å². The Bertz CT molecular complexity index is 1590. The van der Waals surface area contributed by atoms with Gasteiger partial charge in [0.05, 0.1) is 18.1 Å². The summed E-state index contributed by atoms with van der Waals surface area (Å²) in [6.07, 6.45) is 1.62. The van der Waals surface area contributed by atoms with E-state index in [1.54, 1.807) is 48.5 Å². The Balaban J connectivity index is 1.32. The van der Waals surface area contributed by atoms with Crippen LogP contribution in [0.4, 0.5) is 4.79 Å². The van der Waals surface area contributed by atoms with Crippen molar-refractivity contribution in [2.45, 2.75) is 13.5 Å². The molecule has 4 aromatic carbocycles. The van der Waals surface area contributed by atoms with E-state index in [-0.39, 0.29) is 17.2 Å². The lowest BCUT2D eigenvalue weighted by Crippen LogP contribution is -2.33. The lowest BCUT2D eigenvalue weighted by molar-refractivity contribution is -0.122. The van der Waals surface area contributed by atoms with E-state index in [9.17, 15) is 14.4 Å². The number of carbonyl (C=O) groups is 3. The van der Waals surface area contributed by atoms with Crippen LogP contribution in [0.15, 0.2) is 89.8 Å². The van der Waals surface area contributed by atoms with Gasteiger partial charge in [-0.1, -0.05) is 60.1 Å². The lowest BCUT2D eigenvalue weighted by atomic mass is 10.1. The molecular formula is C31H24ClNO5S. The van der Waals surface area contributed by atoms with E-state index in [2.05, 4.69) is 18.2 Å². The van der Waals surface area contributed by atoms with Crippen molar-refractivity contribution in [2.24, 2.45) is 0 Å². The van der Waals surface area contributed by atoms with Gasteiger partial charge in [-0.25, -0.2) is 0 Å². The topological polar surface area (TPSA) is 72.9 Å². The fraction of sp³-hybridized carbons (Fsp3) is 0.129. The van der Waals surface area contributed by atoms with Crippen molar-refractivity contribution >= 4 is 57.1 Å². The summed E-state index contributed by atoms with van der Waals surface area (Å²) >= 11 is 6.68. The molecule has 6 nitrogen and oxygen atoms in total. The first kappa shape index (κ1) is 26.5. The van der Waals surface area contributed by atoms with Crippen molar-refractivity contribution in [3.8, 4) is 11.5 Å². The number of thioether (sulfide) groups is 1. The highest BCUT2D eigenvalue weighted by Crippen LogP contribution is 2.35. The second-order valence-corrected chi connectivity index (χ2v) is 10.2. The zero-order valence-corrected chi connectivity index (χ0v) is 22.6. The first-order chi connectivity index (χ1) is 18.9. The summed E-state index contributed by atoms with van der Waals surface area (Å²) < 4.78 is 12.0. The van der Waals surface area contributed by atoms with Crippen LogP contribution in [0.2, 0.25) is 5.02 Å². The minimum Gasteiger partial charge on any atom is -0.490 e. The smallest absolute Gasteiger partial charge is 0.293 e. The number of benzene rings is 4. The molecule has 2 amide bonds. The highest BCUT2D eigenvalue weighted by atomic mass is 35.5. The number of amides is 2. The molecule has 5 rings (SSSR count). The number of imide groups is 1. The SMILES string of the molecule is CCOc1cc(/C=C2/SC(=O)N(CC(=O)c3ccc(Cl)cc3)C2=O)ccc1OCc1cccc2ccccc12. The van der Waals surface area contributed by atoms with Crippen LogP contribution in [-0.2, 0) is 11.4 Å². The third-order valence-electron chi connectivity index (χ3n) is 6.17. The number of rotatable bonds is 9. The first-order valence-electron chi connectivity index (χ1n) is 12.3. The maximum Gasteiger partial charge on any atom is 0.293 e. The quantitative estimate of drug-likeness (QED) is 0.158. The van der Waals surface area contributed by atoms with E-state index in [1.165, 1.54) is 0 Å². The Kier molecular flexibility index (Phi) is 8.00. The van der Waals surface area contributed by atoms with E-state index < -0.39 is 11.1 Å². The normalized spacial score (nSPS) is 14.3. The highest BCUT2D eigenvalue weighted by Gasteiger charge is 2.36. The summed E-state index contributed by atoms with van der Waals surface area (Å²) in [4.78, 5) is 39.3. The van der Waals surface area contributed by atoms with Gasteiger partial charge in [0.2, 0.25) is 0 Å². The van der Waals surface area contributed by atoms with Crippen molar-refractivity contribution in [2.75, 3.05) is 13.2 Å². The molecule has 0 atom stereocenters. The van der Waals surface area contributed by atoms with Gasteiger partial charge in [0.1, 0.15) is 6.61 Å². The third-order valence-corrected chi connectivity index (χ3v) is 7.33. The Morgan fingerprint density at radius 2 is 1.69 bits per heavy atom. The summed E-state index contributed by atoms with van der Waals surface area (Å²) in [6, 6.07) is 25.9. The van der Waals surface area contributed by atoms with Gasteiger partial charge in [0, 0.05) is 10.6 Å². The standard InChI is InChI=1S/C31H24ClNO5S/c1-2-37-28-16-20(10-15-27(28)38-19-23-8-5-7-21-6-3-4-9-25(21)23)17-29-30(35)33(31(36)39-29)18-26(34)22-11-13-24(32)14-12-22/h3-17H,2,18-19H2,1H3/b29-17+. The van der Waals surface area contributed by atoms with Crippen molar-refractivity contribution in [1.29, 1.82) is 0 Å². The largest absolute Gasteiger partial charge is 0.490 e. The second-order valence-electron chi connectivity index (χ2n) is 8.76. The van der Waals surface area contributed by atoms with Gasteiger partial charge in [-0.2, -0.15) is 0 Å². The Morgan fingerprint density at radius 1 is 0.923 bits per heavy atom. The molecule has 0 spiro atoms. The number of ether oxygens (including phenoxy) is 2. The molecule has 8 heteroatoms. The molecule has 1 heterocycles. The summed E-state index contributed by atoms with van der Waals surface area (Å²) in [6.45, 7) is 2.33. The number of hydrogen-bond donors (Lipinski definition) is 0. The predicted molar refractivity (Wildman–Crippen MR) is 154 cm³/mol. The van der Waals surface area contributed by atoms with E-state index >= 15 is 0 Å². The molecular weight excluding hydrogens is 534 g/mol. The molecule has 0 aliphatic carbocycles. The molecule has 0 bridgehead atoms. The molecule has 0 N–H and O–H groups in total. The van der Waals surface area contributed by atoms with Gasteiger partial charge >= 0.3 is 0 Å². The summed E-state index contributed by atoms with van der Waals surface area (Å²) in [7, 11) is 0. The molecule has 196 valence electrons. The van der Waals surface area contributed by atoms with Gasteiger partial charge in [0.25, 0.3) is 11.1 Å². The molecule has 0 unspecified atom stereocenters. The van der Waals surface area contributed by atoms with Crippen LogP contribution < -0.4 is 9.47 Å². The van der Waals surface area contributed by atoms with Gasteiger partial charge in [-0.3, -0.25) is 19.3 Å². The van der Waals surface area contributed by atoms with Crippen molar-refractivity contribution in [3.63, 3.8) is 0 Å². The van der Waals surface area contributed by atoms with Gasteiger partial charge in [-0.05, 0) is 83.1 Å². The van der Waals surface area contributed by atoms with E-state index in [1.807, 2.05) is 31.2 Å².